The molecule has 1 heterocycles. The van der Waals surface area contributed by atoms with E-state index in [-0.39, 0.29) is 5.91 Å². The Hall–Kier alpha value is -2.28. The van der Waals surface area contributed by atoms with Crippen molar-refractivity contribution < 1.29 is 4.79 Å². The monoisotopic (exact) mass is 523 g/mol. The molecule has 4 nitrogen and oxygen atoms in total. The first kappa shape index (κ1) is 20.6. The second kappa shape index (κ2) is 9.07. The zero-order valence-corrected chi connectivity index (χ0v) is 19.7. The van der Waals surface area contributed by atoms with Gasteiger partial charge in [0.25, 0.3) is 0 Å². The molecule has 0 bridgehead atoms. The van der Waals surface area contributed by atoms with Gasteiger partial charge in [0.15, 0.2) is 5.82 Å². The molecule has 0 radical (unpaired) electrons. The maximum atomic E-state index is 12.8. The van der Waals surface area contributed by atoms with Crippen LogP contribution in [-0.4, -0.2) is 15.9 Å². The summed E-state index contributed by atoms with van der Waals surface area (Å²) in [5.41, 5.74) is 6.49. The van der Waals surface area contributed by atoms with Crippen LogP contribution in [0.3, 0.4) is 0 Å². The average molecular weight is 523 g/mol. The number of aromatic nitrogens is 2. The lowest BCUT2D eigenvalue weighted by Gasteiger charge is -2.21. The molecular formula is C26H26IN3O. The Morgan fingerprint density at radius 1 is 1.00 bits per heavy atom. The van der Waals surface area contributed by atoms with Crippen LogP contribution in [0, 0.1) is 9.49 Å². The van der Waals surface area contributed by atoms with Crippen molar-refractivity contribution in [3.05, 3.63) is 74.6 Å². The minimum Gasteiger partial charge on any atom is -0.309 e. The molecule has 0 saturated heterocycles. The predicted octanol–water partition coefficient (Wildman–Crippen LogP) is 5.76. The number of fused-ring (bicyclic) bond motifs is 3. The largest absolute Gasteiger partial charge is 0.309 e. The number of carbonyl (C=O) groups excluding carboxylic acids is 1. The number of rotatable bonds is 5. The number of hydrogen-bond donors (Lipinski definition) is 1. The number of carbonyl (C=O) groups is 1. The van der Waals surface area contributed by atoms with Crippen LogP contribution in [0.2, 0.25) is 0 Å². The fourth-order valence-corrected chi connectivity index (χ4v) is 5.17. The van der Waals surface area contributed by atoms with Crippen LogP contribution in [0.15, 0.2) is 48.5 Å². The molecule has 2 aliphatic rings. The van der Waals surface area contributed by atoms with Crippen LogP contribution in [0.25, 0.3) is 11.3 Å². The van der Waals surface area contributed by atoms with Crippen molar-refractivity contribution in [3.8, 4) is 11.3 Å². The predicted molar refractivity (Wildman–Crippen MR) is 132 cm³/mol. The highest BCUT2D eigenvalue weighted by molar-refractivity contribution is 14.1. The van der Waals surface area contributed by atoms with Crippen LogP contribution in [0.1, 0.15) is 48.2 Å². The normalized spacial score (nSPS) is 15.4. The highest BCUT2D eigenvalue weighted by Gasteiger charge is 2.24. The van der Waals surface area contributed by atoms with Crippen molar-refractivity contribution in [2.45, 2.75) is 51.4 Å². The summed E-state index contributed by atoms with van der Waals surface area (Å²) in [6.45, 7) is 0. The van der Waals surface area contributed by atoms with E-state index >= 15 is 0 Å². The molecule has 1 fully saturated rings. The van der Waals surface area contributed by atoms with Crippen molar-refractivity contribution in [1.82, 2.24) is 9.97 Å². The van der Waals surface area contributed by atoms with E-state index in [0.717, 1.165) is 41.9 Å². The molecular weight excluding hydrogens is 497 g/mol. The molecule has 3 aromatic rings. The van der Waals surface area contributed by atoms with E-state index in [1.165, 1.54) is 40.4 Å². The summed E-state index contributed by atoms with van der Waals surface area (Å²) in [7, 11) is 0. The number of nitrogens with one attached hydrogen (secondary N) is 1. The van der Waals surface area contributed by atoms with E-state index in [1.54, 1.807) is 0 Å². The second-order valence-corrected chi connectivity index (χ2v) is 9.92. The van der Waals surface area contributed by atoms with Gasteiger partial charge >= 0.3 is 0 Å². The fourth-order valence-electron chi connectivity index (χ4n) is 4.81. The van der Waals surface area contributed by atoms with Crippen molar-refractivity contribution in [3.63, 3.8) is 0 Å². The van der Waals surface area contributed by atoms with E-state index in [9.17, 15) is 4.79 Å². The zero-order valence-electron chi connectivity index (χ0n) is 17.5. The van der Waals surface area contributed by atoms with Gasteiger partial charge < -0.3 is 5.32 Å². The minimum atomic E-state index is -0.0284. The Kier molecular flexibility index (Phi) is 6.03. The topological polar surface area (TPSA) is 54.9 Å². The summed E-state index contributed by atoms with van der Waals surface area (Å²) in [5, 5.41) is 3.11. The first-order chi connectivity index (χ1) is 15.2. The zero-order chi connectivity index (χ0) is 21.2. The van der Waals surface area contributed by atoms with Gasteiger partial charge in [-0.05, 0) is 71.0 Å². The third-order valence-electron chi connectivity index (χ3n) is 6.44. The van der Waals surface area contributed by atoms with Gasteiger partial charge in [-0.2, -0.15) is 0 Å². The molecule has 31 heavy (non-hydrogen) atoms. The number of amides is 1. The van der Waals surface area contributed by atoms with Crippen LogP contribution in [-0.2, 0) is 30.5 Å². The summed E-state index contributed by atoms with van der Waals surface area (Å²) in [6, 6.07) is 16.6. The Balaban J connectivity index is 1.45. The molecule has 2 aliphatic carbocycles. The smallest absolute Gasteiger partial charge is 0.229 e. The molecule has 0 atom stereocenters. The lowest BCUT2D eigenvalue weighted by molar-refractivity contribution is -0.115. The standard InChI is InChI=1S/C26H26IN3O/c27-20-12-9-18(10-13-20)16-24(31)30-26-23(15-17-5-1-2-6-17)28-25-21-8-4-3-7-19(21)11-14-22(25)29-26/h3-4,7-10,12-13,17H,1-2,5-6,11,14-16H2,(H,29,30,31). The van der Waals surface area contributed by atoms with E-state index in [0.29, 0.717) is 18.2 Å². The van der Waals surface area contributed by atoms with E-state index in [2.05, 4.69) is 52.2 Å². The molecule has 1 amide bonds. The highest BCUT2D eigenvalue weighted by Crippen LogP contribution is 2.35. The quantitative estimate of drug-likeness (QED) is 0.433. The third-order valence-corrected chi connectivity index (χ3v) is 7.16. The SMILES string of the molecule is O=C(Cc1ccc(I)cc1)Nc1nc2c(nc1CC1CCCC1)-c1ccccc1CC2. The van der Waals surface area contributed by atoms with Crippen molar-refractivity contribution in [2.24, 2.45) is 5.92 Å². The van der Waals surface area contributed by atoms with Gasteiger partial charge in [0.05, 0.1) is 23.5 Å². The van der Waals surface area contributed by atoms with Crippen LogP contribution in [0.5, 0.6) is 0 Å². The fraction of sp³-hybridized carbons (Fsp3) is 0.346. The summed E-state index contributed by atoms with van der Waals surface area (Å²) in [5.74, 6) is 1.28. The lowest BCUT2D eigenvalue weighted by Crippen LogP contribution is -2.20. The molecule has 0 unspecified atom stereocenters. The van der Waals surface area contributed by atoms with Crippen molar-refractivity contribution in [1.29, 1.82) is 0 Å². The summed E-state index contributed by atoms with van der Waals surface area (Å²) in [6.07, 6.45) is 8.14. The van der Waals surface area contributed by atoms with Gasteiger partial charge in [-0.15, -0.1) is 0 Å². The Morgan fingerprint density at radius 3 is 2.58 bits per heavy atom. The van der Waals surface area contributed by atoms with Gasteiger partial charge in [-0.3, -0.25) is 4.79 Å². The maximum absolute atomic E-state index is 12.8. The lowest BCUT2D eigenvalue weighted by atomic mass is 9.91. The molecule has 0 aliphatic heterocycles. The van der Waals surface area contributed by atoms with Gasteiger partial charge in [-0.25, -0.2) is 9.97 Å². The first-order valence-electron chi connectivity index (χ1n) is 11.2. The molecule has 5 heteroatoms. The van der Waals surface area contributed by atoms with Crippen molar-refractivity contribution >= 4 is 34.3 Å². The number of aryl methyl sites for hydroxylation is 2. The molecule has 1 N–H and O–H groups in total. The van der Waals surface area contributed by atoms with Crippen LogP contribution >= 0.6 is 22.6 Å². The maximum Gasteiger partial charge on any atom is 0.229 e. The van der Waals surface area contributed by atoms with Crippen molar-refractivity contribution in [2.75, 3.05) is 5.32 Å². The molecule has 2 aromatic carbocycles. The number of anilines is 1. The summed E-state index contributed by atoms with van der Waals surface area (Å²) in [4.78, 5) is 22.9. The number of benzene rings is 2. The van der Waals surface area contributed by atoms with Gasteiger partial charge in [-0.1, -0.05) is 62.1 Å². The van der Waals surface area contributed by atoms with Gasteiger partial charge in [0.1, 0.15) is 0 Å². The van der Waals surface area contributed by atoms with Crippen LogP contribution in [0.4, 0.5) is 5.82 Å². The van der Waals surface area contributed by atoms with Crippen LogP contribution < -0.4 is 5.32 Å². The molecule has 158 valence electrons. The average Bonchev–Trinajstić information content (AvgIpc) is 3.29. The molecule has 1 saturated carbocycles. The molecule has 5 rings (SSSR count). The number of nitrogens with zero attached hydrogens (tertiary/aromatic N) is 2. The van der Waals surface area contributed by atoms with E-state index in [4.69, 9.17) is 9.97 Å². The second-order valence-electron chi connectivity index (χ2n) is 8.68. The van der Waals surface area contributed by atoms with E-state index in [1.807, 2.05) is 24.3 Å². The van der Waals surface area contributed by atoms with Gasteiger partial charge in [0.2, 0.25) is 5.91 Å². The highest BCUT2D eigenvalue weighted by atomic mass is 127. The molecule has 1 aromatic heterocycles. The third kappa shape index (κ3) is 4.66. The Bertz CT molecular complexity index is 1100. The van der Waals surface area contributed by atoms with Gasteiger partial charge in [0, 0.05) is 9.13 Å². The number of hydrogen-bond acceptors (Lipinski definition) is 3. The summed E-state index contributed by atoms with van der Waals surface area (Å²) < 4.78 is 1.17. The first-order valence-corrected chi connectivity index (χ1v) is 12.3. The Morgan fingerprint density at radius 2 is 1.77 bits per heavy atom. The summed E-state index contributed by atoms with van der Waals surface area (Å²) >= 11 is 2.28. The Labute approximate surface area is 197 Å². The number of halogens is 1. The molecule has 0 spiro atoms. The van der Waals surface area contributed by atoms with E-state index < -0.39 is 0 Å². The minimum absolute atomic E-state index is 0.0284.